The maximum absolute atomic E-state index is 12.9. The Morgan fingerprint density at radius 2 is 1.81 bits per heavy atom. The van der Waals surface area contributed by atoms with Crippen molar-refractivity contribution in [3.63, 3.8) is 0 Å². The second-order valence-electron chi connectivity index (χ2n) is 8.11. The molecule has 0 saturated heterocycles. The molecule has 0 saturated carbocycles. The van der Waals surface area contributed by atoms with Gasteiger partial charge in [-0.05, 0) is 54.0 Å². The van der Waals surface area contributed by atoms with E-state index in [1.54, 1.807) is 35.2 Å². The molecular weight excluding hydrogens is 529 g/mol. The molecule has 2 aliphatic heterocycles. The van der Waals surface area contributed by atoms with Crippen LogP contribution in [0.25, 0.3) is 11.8 Å². The van der Waals surface area contributed by atoms with Crippen molar-refractivity contribution in [1.29, 1.82) is 5.41 Å². The summed E-state index contributed by atoms with van der Waals surface area (Å²) in [5.74, 6) is 0.406. The number of hydrogen-bond acceptors (Lipinski definition) is 5. The van der Waals surface area contributed by atoms with Crippen LogP contribution in [0.1, 0.15) is 23.6 Å². The molecule has 37 heavy (non-hydrogen) atoms. The fourth-order valence-corrected chi connectivity index (χ4v) is 5.18. The molecule has 1 amide bonds. The predicted molar refractivity (Wildman–Crippen MR) is 150 cm³/mol. The third-order valence-corrected chi connectivity index (χ3v) is 6.98. The van der Waals surface area contributed by atoms with Crippen molar-refractivity contribution in [1.82, 2.24) is 4.90 Å². The molecule has 0 fully saturated rings. The van der Waals surface area contributed by atoms with Crippen molar-refractivity contribution in [2.45, 2.75) is 13.5 Å². The van der Waals surface area contributed by atoms with E-state index < -0.39 is 5.91 Å². The number of carbonyl (C=O) groups excluding carboxylic acids is 1. The molecule has 3 aromatic rings. The Hall–Kier alpha value is -3.52. The van der Waals surface area contributed by atoms with Crippen molar-refractivity contribution >= 4 is 63.6 Å². The van der Waals surface area contributed by atoms with Gasteiger partial charge in [-0.2, -0.15) is 4.99 Å². The third-order valence-electron chi connectivity index (χ3n) is 5.62. The number of ether oxygens (including phenoxy) is 2. The summed E-state index contributed by atoms with van der Waals surface area (Å²) in [5.41, 5.74) is 3.40. The lowest BCUT2D eigenvalue weighted by atomic mass is 10.1. The van der Waals surface area contributed by atoms with Crippen molar-refractivity contribution < 1.29 is 14.3 Å². The normalized spacial score (nSPS) is 16.0. The first kappa shape index (κ1) is 25.1. The fraction of sp³-hybridized carbons (Fsp3) is 0.107. The quantitative estimate of drug-likeness (QED) is 0.313. The average Bonchev–Trinajstić information content (AvgIpc) is 3.32. The van der Waals surface area contributed by atoms with Crippen LogP contribution in [0.2, 0.25) is 10.0 Å². The van der Waals surface area contributed by atoms with Gasteiger partial charge in [0.25, 0.3) is 5.91 Å². The zero-order valence-electron chi connectivity index (χ0n) is 19.7. The van der Waals surface area contributed by atoms with Gasteiger partial charge in [0.15, 0.2) is 16.7 Å². The molecule has 2 aliphatic rings. The zero-order chi connectivity index (χ0) is 25.9. The molecule has 0 spiro atoms. The van der Waals surface area contributed by atoms with E-state index in [1.165, 1.54) is 11.8 Å². The van der Waals surface area contributed by atoms with Crippen molar-refractivity contribution in [3.8, 4) is 11.5 Å². The highest BCUT2D eigenvalue weighted by Gasteiger charge is 2.36. The van der Waals surface area contributed by atoms with Crippen LogP contribution in [-0.4, -0.2) is 28.4 Å². The van der Waals surface area contributed by atoms with E-state index in [-0.39, 0.29) is 18.0 Å². The van der Waals surface area contributed by atoms with E-state index in [2.05, 4.69) is 4.99 Å². The number of aliphatic imine (C=N–C) groups is 1. The van der Waals surface area contributed by atoms with E-state index in [4.69, 9.17) is 38.1 Å². The van der Waals surface area contributed by atoms with E-state index in [0.29, 0.717) is 38.9 Å². The molecule has 6 nitrogen and oxygen atoms in total. The number of amidine groups is 2. The van der Waals surface area contributed by atoms with E-state index >= 15 is 0 Å². The first-order valence-corrected chi connectivity index (χ1v) is 13.1. The van der Waals surface area contributed by atoms with Crippen LogP contribution in [0, 0.1) is 5.41 Å². The van der Waals surface area contributed by atoms with Crippen LogP contribution in [0.15, 0.2) is 82.7 Å². The Bertz CT molecular complexity index is 1470. The summed E-state index contributed by atoms with van der Waals surface area (Å²) in [5, 5.41) is 12.2. The van der Waals surface area contributed by atoms with E-state index in [0.717, 1.165) is 16.8 Å². The van der Waals surface area contributed by atoms with Gasteiger partial charge in [0.05, 0.1) is 22.9 Å². The standard InChI is InChI=1S/C28H21Cl2N3O3S/c1-2-35-24-14-18(13-22(30)25(24)36-15-17-8-10-20(29)11-9-17)12-21-26(31)33-23(19-6-4-3-5-7-19)16-37-28(33)32-27(21)34/h3-14,16,31H,2,15H2,1H3. The summed E-state index contributed by atoms with van der Waals surface area (Å²) in [6.07, 6.45) is 1.61. The van der Waals surface area contributed by atoms with Gasteiger partial charge in [0.2, 0.25) is 0 Å². The number of amides is 1. The number of thioether (sulfide) groups is 1. The van der Waals surface area contributed by atoms with Gasteiger partial charge in [0.1, 0.15) is 12.4 Å². The van der Waals surface area contributed by atoms with Gasteiger partial charge in [-0.3, -0.25) is 15.1 Å². The van der Waals surface area contributed by atoms with E-state index in [9.17, 15) is 4.79 Å². The minimum absolute atomic E-state index is 0.0484. The fourth-order valence-electron chi connectivity index (χ4n) is 3.89. The number of nitrogens with zero attached hydrogens (tertiary/aromatic N) is 2. The Balaban J connectivity index is 1.45. The lowest BCUT2D eigenvalue weighted by Crippen LogP contribution is -2.38. The first-order chi connectivity index (χ1) is 17.9. The Kier molecular flexibility index (Phi) is 7.37. The van der Waals surface area contributed by atoms with Crippen molar-refractivity contribution in [3.05, 3.63) is 104 Å². The minimum Gasteiger partial charge on any atom is -0.490 e. The molecule has 0 atom stereocenters. The van der Waals surface area contributed by atoms with Gasteiger partial charge >= 0.3 is 0 Å². The smallest absolute Gasteiger partial charge is 0.283 e. The van der Waals surface area contributed by atoms with Gasteiger partial charge in [0, 0.05) is 10.4 Å². The number of nitrogens with one attached hydrogen (secondary N) is 1. The molecule has 2 heterocycles. The van der Waals surface area contributed by atoms with Crippen LogP contribution in [0.4, 0.5) is 0 Å². The lowest BCUT2D eigenvalue weighted by Gasteiger charge is -2.27. The summed E-state index contributed by atoms with van der Waals surface area (Å²) >= 11 is 13.9. The molecule has 9 heteroatoms. The Morgan fingerprint density at radius 1 is 1.05 bits per heavy atom. The first-order valence-electron chi connectivity index (χ1n) is 11.4. The van der Waals surface area contributed by atoms with Gasteiger partial charge < -0.3 is 9.47 Å². The molecule has 186 valence electrons. The second-order valence-corrected chi connectivity index (χ2v) is 9.79. The van der Waals surface area contributed by atoms with Gasteiger partial charge in [-0.25, -0.2) is 0 Å². The Morgan fingerprint density at radius 3 is 2.54 bits per heavy atom. The van der Waals surface area contributed by atoms with Gasteiger partial charge in [-0.15, -0.1) is 0 Å². The summed E-state index contributed by atoms with van der Waals surface area (Å²) < 4.78 is 11.8. The summed E-state index contributed by atoms with van der Waals surface area (Å²) in [6.45, 7) is 2.53. The van der Waals surface area contributed by atoms with Crippen LogP contribution in [-0.2, 0) is 11.4 Å². The van der Waals surface area contributed by atoms with Crippen molar-refractivity contribution in [2.24, 2.45) is 4.99 Å². The molecule has 0 aromatic heterocycles. The number of halogens is 2. The minimum atomic E-state index is -0.483. The van der Waals surface area contributed by atoms with Crippen LogP contribution in [0.3, 0.4) is 0 Å². The maximum atomic E-state index is 12.9. The molecule has 0 radical (unpaired) electrons. The molecule has 0 unspecified atom stereocenters. The molecule has 5 rings (SSSR count). The monoisotopic (exact) mass is 549 g/mol. The number of carbonyl (C=O) groups is 1. The highest BCUT2D eigenvalue weighted by Crippen LogP contribution is 2.40. The lowest BCUT2D eigenvalue weighted by molar-refractivity contribution is -0.114. The molecule has 3 aromatic carbocycles. The SMILES string of the molecule is CCOc1cc(C=C2C(=N)N3C(c4ccccc4)=CSC3=NC2=O)cc(Cl)c1OCc1ccc(Cl)cc1. The van der Waals surface area contributed by atoms with Crippen molar-refractivity contribution in [2.75, 3.05) is 6.61 Å². The molecule has 1 N–H and O–H groups in total. The van der Waals surface area contributed by atoms with Crippen LogP contribution >= 0.6 is 35.0 Å². The number of fused-ring (bicyclic) bond motifs is 1. The highest BCUT2D eigenvalue weighted by molar-refractivity contribution is 8.17. The Labute approximate surface area is 228 Å². The summed E-state index contributed by atoms with van der Waals surface area (Å²) in [7, 11) is 0. The zero-order valence-corrected chi connectivity index (χ0v) is 22.0. The second kappa shape index (κ2) is 10.8. The number of hydrogen-bond donors (Lipinski definition) is 1. The highest BCUT2D eigenvalue weighted by atomic mass is 35.5. The molecular formula is C28H21Cl2N3O3S. The third kappa shape index (κ3) is 5.30. The number of rotatable bonds is 7. The van der Waals surface area contributed by atoms with E-state index in [1.807, 2.05) is 54.8 Å². The maximum Gasteiger partial charge on any atom is 0.283 e. The molecule has 0 aliphatic carbocycles. The summed E-state index contributed by atoms with van der Waals surface area (Å²) in [6, 6.07) is 20.5. The predicted octanol–water partition coefficient (Wildman–Crippen LogP) is 7.28. The largest absolute Gasteiger partial charge is 0.490 e. The average molecular weight is 550 g/mol. The van der Waals surface area contributed by atoms with Gasteiger partial charge in [-0.1, -0.05) is 77.4 Å². The number of benzene rings is 3. The molecule has 0 bridgehead atoms. The van der Waals surface area contributed by atoms with Crippen LogP contribution < -0.4 is 9.47 Å². The topological polar surface area (TPSA) is 75.0 Å². The van der Waals surface area contributed by atoms with Crippen LogP contribution in [0.5, 0.6) is 11.5 Å². The summed E-state index contributed by atoms with van der Waals surface area (Å²) in [4.78, 5) is 18.8.